The van der Waals surface area contributed by atoms with Crippen LogP contribution in [0.1, 0.15) is 42.6 Å². The summed E-state index contributed by atoms with van der Waals surface area (Å²) in [5.41, 5.74) is 0.384. The van der Waals surface area contributed by atoms with Gasteiger partial charge in [-0.2, -0.15) is 0 Å². The number of carbonyl (C=O) groups excluding carboxylic acids is 1. The van der Waals surface area contributed by atoms with E-state index < -0.39 is 0 Å². The van der Waals surface area contributed by atoms with E-state index in [1.54, 1.807) is 13.2 Å². The normalized spacial score (nSPS) is 16.5. The van der Waals surface area contributed by atoms with Crippen molar-refractivity contribution in [3.63, 3.8) is 0 Å². The summed E-state index contributed by atoms with van der Waals surface area (Å²) < 4.78 is 0. The Hall–Kier alpha value is -1.65. The molecule has 1 aliphatic rings. The minimum Gasteiger partial charge on any atom is -0.372 e. The lowest BCUT2D eigenvalue weighted by molar-refractivity contribution is 0.0922. The maximum atomic E-state index is 11.9. The molecule has 0 spiro atoms. The molecule has 1 saturated carbocycles. The van der Waals surface area contributed by atoms with Crippen LogP contribution in [0.3, 0.4) is 0 Å². The summed E-state index contributed by atoms with van der Waals surface area (Å²) in [6.45, 7) is 0. The van der Waals surface area contributed by atoms with Crippen LogP contribution < -0.4 is 10.6 Å². The average Bonchev–Trinajstić information content (AvgIpc) is 2.40. The molecule has 2 N–H and O–H groups in total. The molecule has 5 heteroatoms. The lowest BCUT2D eigenvalue weighted by Gasteiger charge is -2.22. The van der Waals surface area contributed by atoms with Crippen LogP contribution in [-0.4, -0.2) is 29.0 Å². The maximum absolute atomic E-state index is 11.9. The molecular formula is C12H18N4O. The van der Waals surface area contributed by atoms with E-state index in [0.717, 1.165) is 12.8 Å². The van der Waals surface area contributed by atoms with Crippen molar-refractivity contribution in [2.45, 2.75) is 38.1 Å². The molecule has 2 rings (SSSR count). The largest absolute Gasteiger partial charge is 0.372 e. The maximum Gasteiger partial charge on any atom is 0.271 e. The van der Waals surface area contributed by atoms with Crippen molar-refractivity contribution >= 4 is 11.7 Å². The smallest absolute Gasteiger partial charge is 0.271 e. The van der Waals surface area contributed by atoms with Gasteiger partial charge in [-0.3, -0.25) is 4.79 Å². The van der Waals surface area contributed by atoms with Gasteiger partial charge in [0.2, 0.25) is 0 Å². The van der Waals surface area contributed by atoms with Crippen LogP contribution in [0.4, 0.5) is 5.82 Å². The monoisotopic (exact) mass is 234 g/mol. The number of amides is 1. The van der Waals surface area contributed by atoms with Gasteiger partial charge in [0.25, 0.3) is 5.91 Å². The lowest BCUT2D eigenvalue weighted by Crippen LogP contribution is -2.36. The zero-order chi connectivity index (χ0) is 12.1. The van der Waals surface area contributed by atoms with Crippen LogP contribution in [-0.2, 0) is 0 Å². The van der Waals surface area contributed by atoms with Crippen molar-refractivity contribution in [3.05, 3.63) is 18.1 Å². The topological polar surface area (TPSA) is 66.9 Å². The van der Waals surface area contributed by atoms with Gasteiger partial charge >= 0.3 is 0 Å². The molecule has 1 aromatic heterocycles. The number of hydrogen-bond acceptors (Lipinski definition) is 4. The molecule has 17 heavy (non-hydrogen) atoms. The van der Waals surface area contributed by atoms with E-state index in [4.69, 9.17) is 0 Å². The van der Waals surface area contributed by atoms with E-state index >= 15 is 0 Å². The first-order chi connectivity index (χ1) is 8.29. The number of hydrogen-bond donors (Lipinski definition) is 2. The Kier molecular flexibility index (Phi) is 3.90. The van der Waals surface area contributed by atoms with Gasteiger partial charge in [-0.25, -0.2) is 9.97 Å². The number of carbonyl (C=O) groups is 1. The van der Waals surface area contributed by atoms with Gasteiger partial charge in [-0.05, 0) is 12.8 Å². The second kappa shape index (κ2) is 5.61. The molecule has 0 aliphatic heterocycles. The summed E-state index contributed by atoms with van der Waals surface area (Å²) in [5, 5.41) is 5.88. The molecule has 1 heterocycles. The summed E-state index contributed by atoms with van der Waals surface area (Å²) in [7, 11) is 1.77. The van der Waals surface area contributed by atoms with Gasteiger partial charge < -0.3 is 10.6 Å². The van der Waals surface area contributed by atoms with Gasteiger partial charge in [0.05, 0.1) is 12.4 Å². The third kappa shape index (κ3) is 3.15. The Morgan fingerprint density at radius 2 is 2.00 bits per heavy atom. The summed E-state index contributed by atoms with van der Waals surface area (Å²) in [4.78, 5) is 20.0. The Balaban J connectivity index is 1.93. The molecule has 1 amide bonds. The van der Waals surface area contributed by atoms with E-state index in [1.165, 1.54) is 25.5 Å². The molecule has 0 atom stereocenters. The third-order valence-corrected chi connectivity index (χ3v) is 3.08. The van der Waals surface area contributed by atoms with E-state index in [1.807, 2.05) is 0 Å². The zero-order valence-electron chi connectivity index (χ0n) is 10.1. The molecule has 0 bridgehead atoms. The highest BCUT2D eigenvalue weighted by atomic mass is 16.1. The third-order valence-electron chi connectivity index (χ3n) is 3.08. The van der Waals surface area contributed by atoms with E-state index in [9.17, 15) is 4.79 Å². The highest BCUT2D eigenvalue weighted by molar-refractivity contribution is 5.92. The first-order valence-electron chi connectivity index (χ1n) is 6.10. The molecule has 5 nitrogen and oxygen atoms in total. The second-order valence-electron chi connectivity index (χ2n) is 4.35. The van der Waals surface area contributed by atoms with Crippen molar-refractivity contribution < 1.29 is 4.79 Å². The fourth-order valence-corrected chi connectivity index (χ4v) is 2.08. The van der Waals surface area contributed by atoms with E-state index in [2.05, 4.69) is 20.6 Å². The van der Waals surface area contributed by atoms with Crippen LogP contribution in [0, 0.1) is 0 Å². The molecular weight excluding hydrogens is 216 g/mol. The number of anilines is 1. The molecule has 0 radical (unpaired) electrons. The standard InChI is InChI=1S/C12H18N4O/c1-13-11-8-14-10(7-15-11)12(17)16-9-5-3-2-4-6-9/h7-9H,2-6H2,1H3,(H,13,15)(H,16,17). The number of nitrogens with one attached hydrogen (secondary N) is 2. The summed E-state index contributed by atoms with van der Waals surface area (Å²) in [6, 6.07) is 0.307. The summed E-state index contributed by atoms with van der Waals surface area (Å²) in [5.74, 6) is 0.547. The van der Waals surface area contributed by atoms with Gasteiger partial charge in [0, 0.05) is 13.1 Å². The Labute approximate surface area is 101 Å². The highest BCUT2D eigenvalue weighted by Crippen LogP contribution is 2.17. The Morgan fingerprint density at radius 3 is 2.59 bits per heavy atom. The average molecular weight is 234 g/mol. The lowest BCUT2D eigenvalue weighted by atomic mass is 9.95. The van der Waals surface area contributed by atoms with Crippen molar-refractivity contribution in [3.8, 4) is 0 Å². The molecule has 1 aromatic rings. The van der Waals surface area contributed by atoms with Crippen molar-refractivity contribution in [2.24, 2.45) is 0 Å². The molecule has 0 saturated heterocycles. The van der Waals surface area contributed by atoms with Gasteiger partial charge in [-0.1, -0.05) is 19.3 Å². The SMILES string of the molecule is CNc1cnc(C(=O)NC2CCCCC2)cn1. The summed E-state index contributed by atoms with van der Waals surface area (Å²) in [6.07, 6.45) is 8.91. The number of rotatable bonds is 3. The van der Waals surface area contributed by atoms with Crippen molar-refractivity contribution in [2.75, 3.05) is 12.4 Å². The summed E-state index contributed by atoms with van der Waals surface area (Å²) >= 11 is 0. The fourth-order valence-electron chi connectivity index (χ4n) is 2.08. The Morgan fingerprint density at radius 1 is 1.24 bits per heavy atom. The van der Waals surface area contributed by atoms with E-state index in [-0.39, 0.29) is 5.91 Å². The van der Waals surface area contributed by atoms with Crippen LogP contribution >= 0.6 is 0 Å². The molecule has 92 valence electrons. The van der Waals surface area contributed by atoms with Crippen LogP contribution in [0.5, 0.6) is 0 Å². The van der Waals surface area contributed by atoms with Gasteiger partial charge in [0.15, 0.2) is 0 Å². The van der Waals surface area contributed by atoms with Crippen LogP contribution in [0.25, 0.3) is 0 Å². The highest BCUT2D eigenvalue weighted by Gasteiger charge is 2.17. The van der Waals surface area contributed by atoms with Crippen molar-refractivity contribution in [1.29, 1.82) is 0 Å². The van der Waals surface area contributed by atoms with E-state index in [0.29, 0.717) is 17.6 Å². The molecule has 1 fully saturated rings. The van der Waals surface area contributed by atoms with Crippen LogP contribution in [0.15, 0.2) is 12.4 Å². The predicted molar refractivity (Wildman–Crippen MR) is 65.9 cm³/mol. The predicted octanol–water partition coefficient (Wildman–Crippen LogP) is 1.58. The quantitative estimate of drug-likeness (QED) is 0.833. The first-order valence-corrected chi connectivity index (χ1v) is 6.10. The van der Waals surface area contributed by atoms with Crippen LogP contribution in [0.2, 0.25) is 0 Å². The second-order valence-corrected chi connectivity index (χ2v) is 4.35. The number of aromatic nitrogens is 2. The van der Waals surface area contributed by atoms with Gasteiger partial charge in [-0.15, -0.1) is 0 Å². The first kappa shape index (κ1) is 11.8. The zero-order valence-corrected chi connectivity index (χ0v) is 10.1. The minimum absolute atomic E-state index is 0.118. The van der Waals surface area contributed by atoms with Crippen molar-refractivity contribution in [1.82, 2.24) is 15.3 Å². The molecule has 0 unspecified atom stereocenters. The minimum atomic E-state index is -0.118. The Bertz CT molecular complexity index is 371. The number of nitrogens with zero attached hydrogens (tertiary/aromatic N) is 2. The molecule has 1 aliphatic carbocycles. The fraction of sp³-hybridized carbons (Fsp3) is 0.583. The molecule has 0 aromatic carbocycles. The van der Waals surface area contributed by atoms with Gasteiger partial charge in [0.1, 0.15) is 11.5 Å².